The Balaban J connectivity index is 2.29. The van der Waals surface area contributed by atoms with Crippen LogP contribution in [0.2, 0.25) is 0 Å². The van der Waals surface area contributed by atoms with E-state index in [4.69, 9.17) is 4.74 Å². The highest BCUT2D eigenvalue weighted by molar-refractivity contribution is 8.19. The number of aromatic hydroxyl groups is 1. The lowest BCUT2D eigenvalue weighted by atomic mass is 10.2. The fourth-order valence-corrected chi connectivity index (χ4v) is 4.28. The van der Waals surface area contributed by atoms with Crippen LogP contribution in [0.25, 0.3) is 0 Å². The van der Waals surface area contributed by atoms with E-state index in [1.165, 1.54) is 0 Å². The quantitative estimate of drug-likeness (QED) is 0.843. The molecule has 0 radical (unpaired) electrons. The third-order valence-corrected chi connectivity index (χ3v) is 5.18. The van der Waals surface area contributed by atoms with Crippen molar-refractivity contribution in [3.63, 3.8) is 0 Å². The van der Waals surface area contributed by atoms with Gasteiger partial charge < -0.3 is 9.84 Å². The second-order valence-corrected chi connectivity index (χ2v) is 5.72. The van der Waals surface area contributed by atoms with Crippen molar-refractivity contribution in [3.8, 4) is 11.5 Å². The second-order valence-electron chi connectivity index (χ2n) is 3.00. The number of hydrogen-bond donors (Lipinski definition) is 1. The Morgan fingerprint density at radius 3 is 2.71 bits per heavy atom. The average Bonchev–Trinajstić information content (AvgIpc) is 2.71. The van der Waals surface area contributed by atoms with E-state index in [-0.39, 0.29) is 0 Å². The van der Waals surface area contributed by atoms with Crippen molar-refractivity contribution in [3.05, 3.63) is 23.8 Å². The van der Waals surface area contributed by atoms with Gasteiger partial charge >= 0.3 is 0 Å². The van der Waals surface area contributed by atoms with E-state index in [1.807, 2.05) is 29.6 Å². The first-order valence-electron chi connectivity index (χ1n) is 4.41. The first-order valence-corrected chi connectivity index (χ1v) is 6.51. The Kier molecular flexibility index (Phi) is 3.13. The van der Waals surface area contributed by atoms with Gasteiger partial charge in [-0.25, -0.2) is 0 Å². The Hall–Kier alpha value is -0.480. The number of rotatable bonds is 2. The molecule has 1 aliphatic heterocycles. The minimum Gasteiger partial charge on any atom is -0.508 e. The highest BCUT2D eigenvalue weighted by atomic mass is 32.2. The molecule has 1 aromatic carbocycles. The maximum atomic E-state index is 9.71. The molecule has 76 valence electrons. The standard InChI is InChI=1S/C10H12O2S2/c1-12-7-2-3-9(11)8(6-7)10-13-4-5-14-10/h2-3,6,10-11H,4-5H2,1H3. The molecule has 1 N–H and O–H groups in total. The van der Waals surface area contributed by atoms with Gasteiger partial charge in [-0.15, -0.1) is 23.5 Å². The van der Waals surface area contributed by atoms with Crippen LogP contribution in [-0.4, -0.2) is 23.7 Å². The van der Waals surface area contributed by atoms with Crippen molar-refractivity contribution in [1.82, 2.24) is 0 Å². The molecule has 2 rings (SSSR count). The average molecular weight is 228 g/mol. The van der Waals surface area contributed by atoms with Gasteiger partial charge in [0.05, 0.1) is 11.7 Å². The number of methoxy groups -OCH3 is 1. The van der Waals surface area contributed by atoms with Crippen LogP contribution in [0.3, 0.4) is 0 Å². The van der Waals surface area contributed by atoms with Crippen molar-refractivity contribution < 1.29 is 9.84 Å². The number of benzene rings is 1. The normalized spacial score (nSPS) is 17.2. The van der Waals surface area contributed by atoms with E-state index >= 15 is 0 Å². The molecule has 0 spiro atoms. The summed E-state index contributed by atoms with van der Waals surface area (Å²) in [5.41, 5.74) is 0.983. The topological polar surface area (TPSA) is 29.5 Å². The Labute approximate surface area is 92.0 Å². The molecule has 1 aromatic rings. The third kappa shape index (κ3) is 1.96. The van der Waals surface area contributed by atoms with Crippen LogP contribution in [0.5, 0.6) is 11.5 Å². The van der Waals surface area contributed by atoms with Gasteiger partial charge in [-0.3, -0.25) is 0 Å². The minimum atomic E-state index is 0.366. The van der Waals surface area contributed by atoms with Gasteiger partial charge in [0, 0.05) is 17.1 Å². The van der Waals surface area contributed by atoms with E-state index < -0.39 is 0 Å². The summed E-state index contributed by atoms with van der Waals surface area (Å²) in [7, 11) is 1.64. The second kappa shape index (κ2) is 4.36. The van der Waals surface area contributed by atoms with E-state index in [9.17, 15) is 5.11 Å². The first-order chi connectivity index (χ1) is 6.81. The molecule has 14 heavy (non-hydrogen) atoms. The highest BCUT2D eigenvalue weighted by Gasteiger charge is 2.21. The van der Waals surface area contributed by atoms with Crippen LogP contribution in [0.15, 0.2) is 18.2 Å². The number of ether oxygens (including phenoxy) is 1. The van der Waals surface area contributed by atoms with Crippen LogP contribution in [0.4, 0.5) is 0 Å². The fraction of sp³-hybridized carbons (Fsp3) is 0.400. The van der Waals surface area contributed by atoms with Crippen LogP contribution in [0, 0.1) is 0 Å². The summed E-state index contributed by atoms with van der Waals surface area (Å²) in [5, 5.41) is 9.71. The molecule has 0 saturated carbocycles. The van der Waals surface area contributed by atoms with Crippen molar-refractivity contribution in [2.45, 2.75) is 4.58 Å². The summed E-state index contributed by atoms with van der Waals surface area (Å²) in [6.07, 6.45) is 0. The van der Waals surface area contributed by atoms with Crippen molar-refractivity contribution in [2.24, 2.45) is 0 Å². The van der Waals surface area contributed by atoms with Gasteiger partial charge in [0.1, 0.15) is 11.5 Å². The van der Waals surface area contributed by atoms with Gasteiger partial charge in [-0.1, -0.05) is 0 Å². The summed E-state index contributed by atoms with van der Waals surface area (Å²) in [4.78, 5) is 0. The van der Waals surface area contributed by atoms with Crippen molar-refractivity contribution in [2.75, 3.05) is 18.6 Å². The Bertz CT molecular complexity index is 322. The van der Waals surface area contributed by atoms with Crippen LogP contribution in [0.1, 0.15) is 10.1 Å². The Morgan fingerprint density at radius 1 is 1.36 bits per heavy atom. The number of phenols is 1. The first kappa shape index (κ1) is 10.1. The van der Waals surface area contributed by atoms with Crippen LogP contribution < -0.4 is 4.74 Å². The molecular formula is C10H12O2S2. The van der Waals surface area contributed by atoms with Crippen molar-refractivity contribution >= 4 is 23.5 Å². The molecule has 0 unspecified atom stereocenters. The molecular weight excluding hydrogens is 216 g/mol. The monoisotopic (exact) mass is 228 g/mol. The van der Waals surface area contributed by atoms with Gasteiger partial charge in [-0.2, -0.15) is 0 Å². The molecule has 2 nitrogen and oxygen atoms in total. The molecule has 4 heteroatoms. The van der Waals surface area contributed by atoms with E-state index in [0.717, 1.165) is 22.8 Å². The van der Waals surface area contributed by atoms with E-state index in [2.05, 4.69) is 0 Å². The van der Waals surface area contributed by atoms with E-state index in [1.54, 1.807) is 19.2 Å². The molecule has 1 heterocycles. The van der Waals surface area contributed by atoms with Gasteiger partial charge in [0.2, 0.25) is 0 Å². The zero-order valence-electron chi connectivity index (χ0n) is 7.90. The predicted octanol–water partition coefficient (Wildman–Crippen LogP) is 2.88. The molecule has 1 saturated heterocycles. The Morgan fingerprint density at radius 2 is 2.07 bits per heavy atom. The number of phenolic OH excluding ortho intramolecular Hbond substituents is 1. The fourth-order valence-electron chi connectivity index (χ4n) is 1.39. The molecule has 0 aromatic heterocycles. The predicted molar refractivity (Wildman–Crippen MR) is 62.3 cm³/mol. The van der Waals surface area contributed by atoms with Crippen molar-refractivity contribution in [1.29, 1.82) is 0 Å². The number of hydrogen-bond acceptors (Lipinski definition) is 4. The molecule has 0 bridgehead atoms. The lowest BCUT2D eigenvalue weighted by Gasteiger charge is -2.11. The zero-order chi connectivity index (χ0) is 9.97. The largest absolute Gasteiger partial charge is 0.508 e. The van der Waals surface area contributed by atoms with Crippen LogP contribution in [-0.2, 0) is 0 Å². The smallest absolute Gasteiger partial charge is 0.121 e. The molecule has 1 fully saturated rings. The zero-order valence-corrected chi connectivity index (χ0v) is 9.53. The maximum Gasteiger partial charge on any atom is 0.121 e. The molecule has 0 atom stereocenters. The summed E-state index contributed by atoms with van der Waals surface area (Å²) >= 11 is 3.75. The summed E-state index contributed by atoms with van der Waals surface area (Å²) in [5.74, 6) is 3.50. The molecule has 0 aliphatic carbocycles. The summed E-state index contributed by atoms with van der Waals surface area (Å²) in [6, 6.07) is 5.40. The van der Waals surface area contributed by atoms with Gasteiger partial charge in [-0.05, 0) is 18.2 Å². The summed E-state index contributed by atoms with van der Waals surface area (Å²) in [6.45, 7) is 0. The molecule has 1 aliphatic rings. The third-order valence-electron chi connectivity index (χ3n) is 2.11. The SMILES string of the molecule is COc1ccc(O)c(C2SCCS2)c1. The lowest BCUT2D eigenvalue weighted by molar-refractivity contribution is 0.411. The molecule has 0 amide bonds. The highest BCUT2D eigenvalue weighted by Crippen LogP contribution is 2.48. The van der Waals surface area contributed by atoms with Gasteiger partial charge in [0.15, 0.2) is 0 Å². The number of thioether (sulfide) groups is 2. The van der Waals surface area contributed by atoms with Crippen LogP contribution >= 0.6 is 23.5 Å². The maximum absolute atomic E-state index is 9.71. The minimum absolute atomic E-state index is 0.366. The summed E-state index contributed by atoms with van der Waals surface area (Å²) < 4.78 is 5.51. The van der Waals surface area contributed by atoms with E-state index in [0.29, 0.717) is 10.3 Å². The lowest BCUT2D eigenvalue weighted by Crippen LogP contribution is -1.89. The van der Waals surface area contributed by atoms with Gasteiger partial charge in [0.25, 0.3) is 0 Å².